The van der Waals surface area contributed by atoms with Crippen molar-refractivity contribution in [3.05, 3.63) is 138 Å². The van der Waals surface area contributed by atoms with Crippen molar-refractivity contribution >= 4 is 92.0 Å². The molecule has 8 rings (SSSR count). The van der Waals surface area contributed by atoms with Gasteiger partial charge in [-0.3, -0.25) is 0 Å². The van der Waals surface area contributed by atoms with Crippen LogP contribution in [0.2, 0.25) is 20.1 Å². The summed E-state index contributed by atoms with van der Waals surface area (Å²) in [6, 6.07) is 28.1. The van der Waals surface area contributed by atoms with E-state index >= 15 is 0 Å². The van der Waals surface area contributed by atoms with Crippen molar-refractivity contribution in [2.75, 3.05) is 26.7 Å². The molecule has 83 heavy (non-hydrogen) atoms. The van der Waals surface area contributed by atoms with E-state index in [1.807, 2.05) is 83.1 Å². The van der Waals surface area contributed by atoms with Crippen LogP contribution >= 0.6 is 66.6 Å². The number of aliphatic hydroxyl groups excluding tert-OH is 4. The fraction of sp³-hybridized carbons (Fsp3) is 0.500. The van der Waals surface area contributed by atoms with Crippen molar-refractivity contribution in [2.24, 2.45) is 42.1 Å². The molecule has 0 radical (unpaired) electrons. The molecule has 4 aliphatic rings. The average Bonchev–Trinajstić information content (AvgIpc) is 4.35. The molecular weight excluding hydrogens is 1240 g/mol. The van der Waals surface area contributed by atoms with Crippen LogP contribution in [0.3, 0.4) is 0 Å². The first-order valence-corrected chi connectivity index (χ1v) is 30.1. The number of ether oxygens (including phenoxy) is 4. The molecule has 8 atom stereocenters. The van der Waals surface area contributed by atoms with Gasteiger partial charge in [-0.05, 0) is 119 Å². The standard InChI is InChI=1S/4C14H19ClN3O2.2ClH.Cu/c4*1-14(2,3)12(19)13(18-9-16-8-17-18)20-11-6-4-10(15)5-7-11;;;/h4*4-8,12-13,19H,9H2,1-3H3;2*1H;/q4*-1;;;+2/p-2. The van der Waals surface area contributed by atoms with Gasteiger partial charge in [0.05, 0.1) is 0 Å². The number of rotatable bonds is 16. The van der Waals surface area contributed by atoms with Crippen LogP contribution in [0.1, 0.15) is 83.1 Å². The summed E-state index contributed by atoms with van der Waals surface area (Å²) in [5, 5.41) is 83.7. The summed E-state index contributed by atoms with van der Waals surface area (Å²) in [7, 11) is 9.34. The third-order valence-corrected chi connectivity index (χ3v) is 13.1. The summed E-state index contributed by atoms with van der Waals surface area (Å²) in [6.07, 6.45) is 0.594. The quantitative estimate of drug-likeness (QED) is 0.0767. The van der Waals surface area contributed by atoms with E-state index < -0.39 is 49.3 Å². The molecule has 8 unspecified atom stereocenters. The minimum atomic E-state index is -0.719. The van der Waals surface area contributed by atoms with E-state index in [-0.39, 0.29) is 21.7 Å². The Morgan fingerprint density at radius 2 is 0.518 bits per heavy atom. The molecule has 0 fully saturated rings. The zero-order chi connectivity index (χ0) is 61.7. The third-order valence-electron chi connectivity index (χ3n) is 12.1. The molecule has 0 saturated carbocycles. The summed E-state index contributed by atoms with van der Waals surface area (Å²) in [4.78, 5) is 0. The number of hydrogen-bond acceptors (Lipinski definition) is 16. The second-order valence-electron chi connectivity index (χ2n) is 23.1. The van der Waals surface area contributed by atoms with Crippen LogP contribution in [0.15, 0.2) is 117 Å². The normalized spacial score (nSPS) is 17.4. The van der Waals surface area contributed by atoms with Gasteiger partial charge in [-0.15, -0.1) is 0 Å². The number of nitrogens with zero attached hydrogens (tertiary/aromatic N) is 12. The molecule has 465 valence electrons. The predicted molar refractivity (Wildman–Crippen MR) is 331 cm³/mol. The third kappa shape index (κ3) is 23.9. The van der Waals surface area contributed by atoms with E-state index in [0.717, 1.165) is 13.1 Å². The van der Waals surface area contributed by atoms with Crippen molar-refractivity contribution in [3.8, 4) is 23.0 Å². The molecule has 0 aromatic heterocycles. The van der Waals surface area contributed by atoms with E-state index in [1.165, 1.54) is 25.4 Å². The van der Waals surface area contributed by atoms with Gasteiger partial charge in [0, 0.05) is 46.8 Å². The predicted octanol–water partition coefficient (Wildman–Crippen LogP) is 13.5. The van der Waals surface area contributed by atoms with Gasteiger partial charge >= 0.3 is 33.3 Å². The Hall–Kier alpha value is -4.74. The first-order valence-electron chi connectivity index (χ1n) is 26.0. The molecule has 4 heterocycles. The Balaban J connectivity index is 0.000000234. The van der Waals surface area contributed by atoms with Gasteiger partial charge < -0.3 is 101 Å². The van der Waals surface area contributed by atoms with Crippen molar-refractivity contribution < 1.29 is 52.5 Å². The number of hydrogen-bond donors (Lipinski definition) is 4. The summed E-state index contributed by atoms with van der Waals surface area (Å²) in [5.41, 5.74) is -1.35. The van der Waals surface area contributed by atoms with E-state index in [2.05, 4.69) is 61.9 Å². The van der Waals surface area contributed by atoms with Crippen LogP contribution in [-0.2, 0) is 13.1 Å². The van der Waals surface area contributed by atoms with Gasteiger partial charge in [0.2, 0.25) is 0 Å². The van der Waals surface area contributed by atoms with Gasteiger partial charge in [-0.2, -0.15) is 0 Å². The molecule has 4 aromatic rings. The molecule has 0 amide bonds. The summed E-state index contributed by atoms with van der Waals surface area (Å²) in [5.74, 6) is 2.52. The fourth-order valence-corrected chi connectivity index (χ4v) is 7.60. The Kier molecular flexibility index (Phi) is 28.3. The second-order valence-corrected chi connectivity index (χ2v) is 26.4. The summed E-state index contributed by atoms with van der Waals surface area (Å²) in [6.45, 7) is 24.9. The van der Waals surface area contributed by atoms with Crippen LogP contribution in [0, 0.1) is 21.7 Å². The van der Waals surface area contributed by atoms with E-state index in [1.54, 1.807) is 117 Å². The van der Waals surface area contributed by atoms with E-state index in [9.17, 15) is 20.4 Å². The second kappa shape index (κ2) is 33.2. The van der Waals surface area contributed by atoms with Crippen molar-refractivity contribution in [3.63, 3.8) is 0 Å². The SMILES string of the molecule is CC(C)(C)C(O)C(Oc1ccc(Cl)cc1)N1C[N-]C=N1.CC(C)(C)C(O)C(Oc1ccc(Cl)cc1)N1C[N-]C=N1.CC(C)(C)C(O)C(Oc1ccc(Cl)cc1)N1C[N-]C=N1.CC(C)(C)C(O)C(Oc1ccc(Cl)cc1)N1C[N-]C=N1.[Cl][Cu][Cl]. The van der Waals surface area contributed by atoms with Crippen LogP contribution in [0.4, 0.5) is 0 Å². The zero-order valence-corrected chi connectivity index (χ0v) is 53.8. The molecule has 4 aliphatic heterocycles. The molecule has 0 spiro atoms. The molecule has 20 nitrogen and oxygen atoms in total. The Bertz CT molecular complexity index is 2270. The molecular formula is C56H76Cl6CuN12O8-4. The van der Waals surface area contributed by atoms with E-state index in [0.29, 0.717) is 69.8 Å². The van der Waals surface area contributed by atoms with Gasteiger partial charge in [0.25, 0.3) is 0 Å². The number of halogens is 6. The summed E-state index contributed by atoms with van der Waals surface area (Å²) < 4.78 is 23.5. The van der Waals surface area contributed by atoms with Crippen LogP contribution in [0.5, 0.6) is 23.0 Å². The van der Waals surface area contributed by atoms with Crippen molar-refractivity contribution in [2.45, 2.75) is 132 Å². The molecule has 4 aromatic carbocycles. The van der Waals surface area contributed by atoms with E-state index in [4.69, 9.17) is 65.4 Å². The molecule has 4 N–H and O–H groups in total. The number of benzene rings is 4. The van der Waals surface area contributed by atoms with Crippen molar-refractivity contribution in [1.29, 1.82) is 0 Å². The molecule has 27 heteroatoms. The fourth-order valence-electron chi connectivity index (χ4n) is 7.10. The maximum absolute atomic E-state index is 10.5. The summed E-state index contributed by atoms with van der Waals surface area (Å²) >= 11 is 24.2. The Labute approximate surface area is 523 Å². The van der Waals surface area contributed by atoms with Gasteiger partial charge in [-0.1, -0.05) is 155 Å². The van der Waals surface area contributed by atoms with Crippen LogP contribution < -0.4 is 18.9 Å². The van der Waals surface area contributed by atoms with Crippen molar-refractivity contribution in [1.82, 2.24) is 20.0 Å². The van der Waals surface area contributed by atoms with Gasteiger partial charge in [0.15, 0.2) is 24.9 Å². The Morgan fingerprint density at radius 3 is 0.639 bits per heavy atom. The molecule has 0 saturated heterocycles. The first-order chi connectivity index (χ1) is 38.9. The minimum absolute atomic E-state index is 0.338. The number of hydrazone groups is 4. The maximum atomic E-state index is 10.5. The van der Waals surface area contributed by atoms with Crippen LogP contribution in [0.25, 0.3) is 21.3 Å². The Morgan fingerprint density at radius 1 is 0.361 bits per heavy atom. The number of aliphatic hydroxyl groups is 4. The first kappa shape index (κ1) is 70.7. The van der Waals surface area contributed by atoms with Gasteiger partial charge in [-0.25, -0.2) is 0 Å². The molecule has 0 bridgehead atoms. The monoisotopic (exact) mass is 1320 g/mol. The van der Waals surface area contributed by atoms with Gasteiger partial charge in [0.1, 0.15) is 47.4 Å². The average molecular weight is 1320 g/mol. The zero-order valence-electron chi connectivity index (χ0n) is 48.4. The van der Waals surface area contributed by atoms with Crippen LogP contribution in [-0.4, -0.2) is 142 Å². The topological polar surface area (TPSA) is 237 Å². The molecule has 0 aliphatic carbocycles.